The Hall–Kier alpha value is -2.31. The smallest absolute Gasteiger partial charge is 0.444 e. The first-order chi connectivity index (χ1) is 11.4. The first-order valence-electron chi connectivity index (χ1n) is 7.97. The molecule has 1 unspecified atom stereocenters. The molecule has 0 saturated carbocycles. The highest BCUT2D eigenvalue weighted by atomic mass is 19.1. The van der Waals surface area contributed by atoms with E-state index >= 15 is 0 Å². The van der Waals surface area contributed by atoms with E-state index in [2.05, 4.69) is 5.32 Å². The number of hydrogen-bond donors (Lipinski definition) is 1. The van der Waals surface area contributed by atoms with Crippen LogP contribution in [0.4, 0.5) is 14.0 Å². The summed E-state index contributed by atoms with van der Waals surface area (Å²) >= 11 is 0. The van der Waals surface area contributed by atoms with Gasteiger partial charge in [-0.25, -0.2) is 14.0 Å². The predicted octanol–water partition coefficient (Wildman–Crippen LogP) is 4.34. The molecule has 0 fully saturated rings. The fraction of sp³-hybridized carbons (Fsp3) is 0.556. The first kappa shape index (κ1) is 20.7. The second-order valence-electron chi connectivity index (χ2n) is 7.50. The van der Waals surface area contributed by atoms with E-state index in [4.69, 9.17) is 14.2 Å². The molecule has 1 aromatic carbocycles. The van der Waals surface area contributed by atoms with Crippen LogP contribution in [0, 0.1) is 5.82 Å². The summed E-state index contributed by atoms with van der Waals surface area (Å²) in [6, 6.07) is 4.99. The molecular formula is C18H26FNO5. The first-order valence-corrected chi connectivity index (χ1v) is 7.97. The highest BCUT2D eigenvalue weighted by Gasteiger charge is 2.25. The van der Waals surface area contributed by atoms with Crippen molar-refractivity contribution in [3.05, 3.63) is 35.6 Å². The largest absolute Gasteiger partial charge is 0.508 e. The second kappa shape index (κ2) is 8.18. The van der Waals surface area contributed by atoms with Crippen LogP contribution in [0.3, 0.4) is 0 Å². The Morgan fingerprint density at radius 2 is 1.60 bits per heavy atom. The third-order valence-corrected chi connectivity index (χ3v) is 2.73. The van der Waals surface area contributed by atoms with Crippen molar-refractivity contribution < 1.29 is 28.2 Å². The number of hydrogen-bond acceptors (Lipinski definition) is 5. The summed E-state index contributed by atoms with van der Waals surface area (Å²) < 4.78 is 29.3. The SMILES string of the molecule is CC(C)(C)OC(=O)NC(COC(=O)OC(C)(C)C)c1ccccc1F. The topological polar surface area (TPSA) is 73.9 Å². The zero-order valence-electron chi connectivity index (χ0n) is 15.5. The molecule has 1 N–H and O–H groups in total. The molecule has 0 saturated heterocycles. The van der Waals surface area contributed by atoms with Crippen molar-refractivity contribution in [3.63, 3.8) is 0 Å². The molecule has 0 bridgehead atoms. The van der Waals surface area contributed by atoms with Gasteiger partial charge in [-0.15, -0.1) is 0 Å². The number of ether oxygens (including phenoxy) is 3. The Kier molecular flexibility index (Phi) is 6.78. The van der Waals surface area contributed by atoms with Crippen molar-refractivity contribution in [2.45, 2.75) is 58.8 Å². The molecule has 1 aromatic rings. The maximum Gasteiger partial charge on any atom is 0.508 e. The molecule has 140 valence electrons. The summed E-state index contributed by atoms with van der Waals surface area (Å²) in [7, 11) is 0. The van der Waals surface area contributed by atoms with E-state index in [9.17, 15) is 14.0 Å². The number of rotatable bonds is 4. The summed E-state index contributed by atoms with van der Waals surface area (Å²) in [6.45, 7) is 9.92. The van der Waals surface area contributed by atoms with Gasteiger partial charge in [-0.2, -0.15) is 0 Å². The predicted molar refractivity (Wildman–Crippen MR) is 90.7 cm³/mol. The monoisotopic (exact) mass is 355 g/mol. The summed E-state index contributed by atoms with van der Waals surface area (Å²) in [4.78, 5) is 23.7. The Morgan fingerprint density at radius 1 is 1.04 bits per heavy atom. The van der Waals surface area contributed by atoms with Crippen LogP contribution in [-0.2, 0) is 14.2 Å². The van der Waals surface area contributed by atoms with Gasteiger partial charge in [0.25, 0.3) is 0 Å². The molecule has 1 atom stereocenters. The van der Waals surface area contributed by atoms with Crippen LogP contribution < -0.4 is 5.32 Å². The van der Waals surface area contributed by atoms with Crippen LogP contribution in [0.5, 0.6) is 0 Å². The maximum absolute atomic E-state index is 14.1. The average molecular weight is 355 g/mol. The average Bonchev–Trinajstić information content (AvgIpc) is 2.40. The van der Waals surface area contributed by atoms with Crippen LogP contribution >= 0.6 is 0 Å². The lowest BCUT2D eigenvalue weighted by Crippen LogP contribution is -2.37. The van der Waals surface area contributed by atoms with Gasteiger partial charge in [-0.05, 0) is 47.6 Å². The van der Waals surface area contributed by atoms with E-state index in [0.717, 1.165) is 0 Å². The van der Waals surface area contributed by atoms with E-state index in [0.29, 0.717) is 0 Å². The molecule has 0 aliphatic heterocycles. The fourth-order valence-electron chi connectivity index (χ4n) is 1.85. The van der Waals surface area contributed by atoms with E-state index in [1.165, 1.54) is 18.2 Å². The second-order valence-corrected chi connectivity index (χ2v) is 7.50. The number of carbonyl (C=O) groups is 2. The lowest BCUT2D eigenvalue weighted by molar-refractivity contribution is -0.0122. The highest BCUT2D eigenvalue weighted by Crippen LogP contribution is 2.19. The fourth-order valence-corrected chi connectivity index (χ4v) is 1.85. The Morgan fingerprint density at radius 3 is 2.12 bits per heavy atom. The van der Waals surface area contributed by atoms with Crippen molar-refractivity contribution in [2.24, 2.45) is 0 Å². The van der Waals surface area contributed by atoms with Gasteiger partial charge in [0.15, 0.2) is 0 Å². The van der Waals surface area contributed by atoms with Crippen LogP contribution in [0.15, 0.2) is 24.3 Å². The molecule has 0 aliphatic rings. The molecule has 0 aromatic heterocycles. The van der Waals surface area contributed by atoms with Crippen LogP contribution in [0.25, 0.3) is 0 Å². The van der Waals surface area contributed by atoms with Gasteiger partial charge in [0.2, 0.25) is 0 Å². The van der Waals surface area contributed by atoms with Crippen molar-refractivity contribution in [1.29, 1.82) is 0 Å². The van der Waals surface area contributed by atoms with Gasteiger partial charge in [0.1, 0.15) is 23.6 Å². The normalized spacial score (nSPS) is 12.9. The third-order valence-electron chi connectivity index (χ3n) is 2.73. The molecule has 7 heteroatoms. The Labute approximate surface area is 147 Å². The number of nitrogens with one attached hydrogen (secondary N) is 1. The van der Waals surface area contributed by atoms with Crippen molar-refractivity contribution in [1.82, 2.24) is 5.32 Å². The van der Waals surface area contributed by atoms with E-state index in [1.807, 2.05) is 0 Å². The summed E-state index contributed by atoms with van der Waals surface area (Å²) in [6.07, 6.45) is -1.65. The van der Waals surface area contributed by atoms with Crippen molar-refractivity contribution in [2.75, 3.05) is 6.61 Å². The molecule has 0 spiro atoms. The van der Waals surface area contributed by atoms with E-state index in [-0.39, 0.29) is 12.2 Å². The van der Waals surface area contributed by atoms with Crippen molar-refractivity contribution in [3.8, 4) is 0 Å². The van der Waals surface area contributed by atoms with Gasteiger partial charge in [-0.1, -0.05) is 18.2 Å². The van der Waals surface area contributed by atoms with Crippen LogP contribution in [-0.4, -0.2) is 30.1 Å². The maximum atomic E-state index is 14.1. The molecule has 1 amide bonds. The number of carbonyl (C=O) groups excluding carboxylic acids is 2. The minimum atomic E-state index is -0.913. The molecule has 0 aliphatic carbocycles. The Balaban J connectivity index is 2.84. The summed E-state index contributed by atoms with van der Waals surface area (Å²) in [5, 5.41) is 2.51. The zero-order valence-corrected chi connectivity index (χ0v) is 15.5. The lowest BCUT2D eigenvalue weighted by atomic mass is 10.1. The number of halogens is 1. The molecule has 6 nitrogen and oxygen atoms in total. The highest BCUT2D eigenvalue weighted by molar-refractivity contribution is 5.68. The quantitative estimate of drug-likeness (QED) is 0.813. The summed E-state index contributed by atoms with van der Waals surface area (Å²) in [5.41, 5.74) is -1.25. The number of amides is 1. The van der Waals surface area contributed by atoms with E-state index < -0.39 is 35.3 Å². The Bertz CT molecular complexity index is 604. The van der Waals surface area contributed by atoms with Crippen LogP contribution in [0.2, 0.25) is 0 Å². The van der Waals surface area contributed by atoms with Gasteiger partial charge in [-0.3, -0.25) is 0 Å². The molecule has 0 heterocycles. The van der Waals surface area contributed by atoms with Gasteiger partial charge in [0, 0.05) is 5.56 Å². The van der Waals surface area contributed by atoms with Gasteiger partial charge in [0.05, 0.1) is 6.04 Å². The zero-order chi connectivity index (χ0) is 19.3. The van der Waals surface area contributed by atoms with Gasteiger partial charge >= 0.3 is 12.2 Å². The third kappa shape index (κ3) is 8.37. The number of alkyl carbamates (subject to hydrolysis) is 1. The van der Waals surface area contributed by atoms with Crippen LogP contribution in [0.1, 0.15) is 53.1 Å². The van der Waals surface area contributed by atoms with Gasteiger partial charge < -0.3 is 19.5 Å². The molecule has 25 heavy (non-hydrogen) atoms. The van der Waals surface area contributed by atoms with E-state index in [1.54, 1.807) is 47.6 Å². The van der Waals surface area contributed by atoms with Crippen molar-refractivity contribution >= 4 is 12.2 Å². The minimum Gasteiger partial charge on any atom is -0.444 e. The molecule has 0 radical (unpaired) electrons. The minimum absolute atomic E-state index is 0.178. The summed E-state index contributed by atoms with van der Waals surface area (Å²) in [5.74, 6) is -0.531. The molecular weight excluding hydrogens is 329 g/mol. The number of benzene rings is 1. The molecule has 1 rings (SSSR count). The lowest BCUT2D eigenvalue weighted by Gasteiger charge is -2.25. The standard InChI is InChI=1S/C18H26FNO5/c1-17(2,3)24-15(21)20-14(12-9-7-8-10-13(12)19)11-23-16(22)25-18(4,5)6/h7-10,14H,11H2,1-6H3,(H,20,21).